The molecule has 5 nitrogen and oxygen atoms in total. The second-order valence-electron chi connectivity index (χ2n) is 7.70. The predicted molar refractivity (Wildman–Crippen MR) is 129 cm³/mol. The Bertz CT molecular complexity index is 1260. The van der Waals surface area contributed by atoms with E-state index >= 15 is 0 Å². The summed E-state index contributed by atoms with van der Waals surface area (Å²) in [5.74, 6) is 1.44. The standard InChI is InChI=1S/C26H25ClN2O3/c1-18-15-19(2)17-22(16-18)32-14-13-31-12-11-29-25(20-7-9-21(27)10-8-20)28-24-6-4-3-5-23(24)26(29)30/h3-10,15-17H,11-14H2,1-2H3. The van der Waals surface area contributed by atoms with Gasteiger partial charge in [-0.15, -0.1) is 0 Å². The van der Waals surface area contributed by atoms with Crippen LogP contribution in [0.4, 0.5) is 0 Å². The Morgan fingerprint density at radius 3 is 2.38 bits per heavy atom. The molecule has 1 aromatic heterocycles. The molecule has 0 unspecified atom stereocenters. The molecular formula is C26H25ClN2O3. The molecule has 0 N–H and O–H groups in total. The lowest BCUT2D eigenvalue weighted by atomic mass is 10.1. The van der Waals surface area contributed by atoms with Gasteiger partial charge in [-0.25, -0.2) is 4.98 Å². The average Bonchev–Trinajstić information content (AvgIpc) is 2.77. The Morgan fingerprint density at radius 1 is 0.906 bits per heavy atom. The molecular weight excluding hydrogens is 424 g/mol. The third-order valence-corrected chi connectivity index (χ3v) is 5.37. The van der Waals surface area contributed by atoms with Crippen LogP contribution in [0.1, 0.15) is 11.1 Å². The van der Waals surface area contributed by atoms with E-state index in [0.717, 1.165) is 11.3 Å². The fourth-order valence-corrected chi connectivity index (χ4v) is 3.81. The van der Waals surface area contributed by atoms with Crippen LogP contribution in [0, 0.1) is 13.8 Å². The van der Waals surface area contributed by atoms with Crippen molar-refractivity contribution in [3.63, 3.8) is 0 Å². The summed E-state index contributed by atoms with van der Waals surface area (Å²) in [5.41, 5.74) is 3.74. The van der Waals surface area contributed by atoms with Gasteiger partial charge in [0.1, 0.15) is 18.2 Å². The lowest BCUT2D eigenvalue weighted by molar-refractivity contribution is 0.0940. The molecule has 0 atom stereocenters. The van der Waals surface area contributed by atoms with Crippen molar-refractivity contribution >= 4 is 22.5 Å². The van der Waals surface area contributed by atoms with Gasteiger partial charge in [-0.05, 0) is 73.5 Å². The zero-order chi connectivity index (χ0) is 22.5. The van der Waals surface area contributed by atoms with Gasteiger partial charge in [-0.3, -0.25) is 9.36 Å². The van der Waals surface area contributed by atoms with Gasteiger partial charge in [0.2, 0.25) is 0 Å². The number of aryl methyl sites for hydroxylation is 2. The van der Waals surface area contributed by atoms with Crippen molar-refractivity contribution in [2.75, 3.05) is 19.8 Å². The molecule has 164 valence electrons. The van der Waals surface area contributed by atoms with Crippen molar-refractivity contribution in [1.29, 1.82) is 0 Å². The summed E-state index contributed by atoms with van der Waals surface area (Å²) in [7, 11) is 0. The van der Waals surface area contributed by atoms with Crippen LogP contribution < -0.4 is 10.3 Å². The van der Waals surface area contributed by atoms with E-state index in [4.69, 9.17) is 26.1 Å². The molecule has 4 aromatic rings. The van der Waals surface area contributed by atoms with E-state index in [9.17, 15) is 4.79 Å². The lowest BCUT2D eigenvalue weighted by Crippen LogP contribution is -2.26. The summed E-state index contributed by atoms with van der Waals surface area (Å²) >= 11 is 6.04. The Kier molecular flexibility index (Phi) is 6.88. The molecule has 0 amide bonds. The minimum absolute atomic E-state index is 0.0874. The SMILES string of the molecule is Cc1cc(C)cc(OCCOCCn2c(-c3ccc(Cl)cc3)nc3ccccc3c2=O)c1. The van der Waals surface area contributed by atoms with Crippen LogP contribution in [0.3, 0.4) is 0 Å². The molecule has 0 radical (unpaired) electrons. The molecule has 4 rings (SSSR count). The average molecular weight is 449 g/mol. The van der Waals surface area contributed by atoms with Gasteiger partial charge in [0.25, 0.3) is 5.56 Å². The zero-order valence-corrected chi connectivity index (χ0v) is 18.9. The second kappa shape index (κ2) is 9.98. The highest BCUT2D eigenvalue weighted by Gasteiger charge is 2.12. The molecule has 0 aliphatic carbocycles. The topological polar surface area (TPSA) is 53.4 Å². The van der Waals surface area contributed by atoms with Gasteiger partial charge in [0.05, 0.1) is 30.7 Å². The van der Waals surface area contributed by atoms with Gasteiger partial charge in [-0.2, -0.15) is 0 Å². The van der Waals surface area contributed by atoms with Gasteiger partial charge in [-0.1, -0.05) is 29.8 Å². The minimum atomic E-state index is -0.0874. The summed E-state index contributed by atoms with van der Waals surface area (Å²) in [6.45, 7) is 5.72. The third-order valence-electron chi connectivity index (χ3n) is 5.11. The maximum absolute atomic E-state index is 13.2. The minimum Gasteiger partial charge on any atom is -0.491 e. The van der Waals surface area contributed by atoms with Crippen molar-refractivity contribution in [3.05, 3.63) is 93.2 Å². The normalized spacial score (nSPS) is 11.1. The summed E-state index contributed by atoms with van der Waals surface area (Å²) < 4.78 is 13.2. The third kappa shape index (κ3) is 5.18. The quantitative estimate of drug-likeness (QED) is 0.337. The van der Waals surface area contributed by atoms with Gasteiger partial charge < -0.3 is 9.47 Å². The number of benzene rings is 3. The lowest BCUT2D eigenvalue weighted by Gasteiger charge is -2.14. The van der Waals surface area contributed by atoms with Gasteiger partial charge >= 0.3 is 0 Å². The van der Waals surface area contributed by atoms with E-state index < -0.39 is 0 Å². The van der Waals surface area contributed by atoms with Gasteiger partial charge in [0, 0.05) is 10.6 Å². The highest BCUT2D eigenvalue weighted by atomic mass is 35.5. The zero-order valence-electron chi connectivity index (χ0n) is 18.2. The number of hydrogen-bond acceptors (Lipinski definition) is 4. The Hall–Kier alpha value is -3.15. The van der Waals surface area contributed by atoms with Crippen molar-refractivity contribution in [3.8, 4) is 17.1 Å². The fourth-order valence-electron chi connectivity index (χ4n) is 3.69. The summed E-state index contributed by atoms with van der Waals surface area (Å²) in [5, 5.41) is 1.22. The molecule has 32 heavy (non-hydrogen) atoms. The van der Waals surface area contributed by atoms with E-state index in [-0.39, 0.29) is 5.56 Å². The largest absolute Gasteiger partial charge is 0.491 e. The Morgan fingerprint density at radius 2 is 1.62 bits per heavy atom. The molecule has 6 heteroatoms. The summed E-state index contributed by atoms with van der Waals surface area (Å²) in [6.07, 6.45) is 0. The number of hydrogen-bond donors (Lipinski definition) is 0. The van der Waals surface area contributed by atoms with Crippen LogP contribution in [-0.2, 0) is 11.3 Å². The first-order valence-corrected chi connectivity index (χ1v) is 10.9. The fraction of sp³-hybridized carbons (Fsp3) is 0.231. The Labute approximate surface area is 192 Å². The van der Waals surface area contributed by atoms with Crippen molar-refractivity contribution < 1.29 is 9.47 Å². The van der Waals surface area contributed by atoms with E-state index in [0.29, 0.717) is 48.1 Å². The van der Waals surface area contributed by atoms with E-state index in [1.54, 1.807) is 22.8 Å². The molecule has 0 spiro atoms. The Balaban J connectivity index is 1.46. The van der Waals surface area contributed by atoms with Crippen LogP contribution in [0.25, 0.3) is 22.3 Å². The molecule has 0 aliphatic rings. The summed E-state index contributed by atoms with van der Waals surface area (Å²) in [6, 6.07) is 20.8. The molecule has 1 heterocycles. The number of aromatic nitrogens is 2. The molecule has 0 saturated heterocycles. The number of nitrogens with zero attached hydrogens (tertiary/aromatic N) is 2. The highest BCUT2D eigenvalue weighted by Crippen LogP contribution is 2.21. The first kappa shape index (κ1) is 22.1. The predicted octanol–water partition coefficient (Wildman–Crippen LogP) is 5.43. The number of rotatable bonds is 8. The van der Waals surface area contributed by atoms with E-state index in [2.05, 4.69) is 6.07 Å². The first-order chi connectivity index (χ1) is 15.5. The van der Waals surface area contributed by atoms with Gasteiger partial charge in [0.15, 0.2) is 0 Å². The van der Waals surface area contributed by atoms with Crippen molar-refractivity contribution in [1.82, 2.24) is 9.55 Å². The molecule has 0 aliphatic heterocycles. The highest BCUT2D eigenvalue weighted by molar-refractivity contribution is 6.30. The van der Waals surface area contributed by atoms with Crippen LogP contribution in [-0.4, -0.2) is 29.4 Å². The van der Waals surface area contributed by atoms with Crippen LogP contribution >= 0.6 is 11.6 Å². The van der Waals surface area contributed by atoms with Crippen LogP contribution in [0.2, 0.25) is 5.02 Å². The number of halogens is 1. The van der Waals surface area contributed by atoms with E-state index in [1.807, 2.05) is 56.3 Å². The first-order valence-electron chi connectivity index (χ1n) is 10.6. The molecule has 3 aromatic carbocycles. The molecule has 0 bridgehead atoms. The smallest absolute Gasteiger partial charge is 0.261 e. The van der Waals surface area contributed by atoms with Crippen molar-refractivity contribution in [2.24, 2.45) is 0 Å². The number of para-hydroxylation sites is 1. The second-order valence-corrected chi connectivity index (χ2v) is 8.14. The van der Waals surface area contributed by atoms with E-state index in [1.165, 1.54) is 11.1 Å². The molecule has 0 saturated carbocycles. The monoisotopic (exact) mass is 448 g/mol. The maximum atomic E-state index is 13.2. The van der Waals surface area contributed by atoms with Crippen LogP contribution in [0.5, 0.6) is 5.75 Å². The van der Waals surface area contributed by atoms with Crippen molar-refractivity contribution in [2.45, 2.75) is 20.4 Å². The maximum Gasteiger partial charge on any atom is 0.261 e. The molecule has 0 fully saturated rings. The summed E-state index contributed by atoms with van der Waals surface area (Å²) in [4.78, 5) is 17.9. The van der Waals surface area contributed by atoms with Crippen LogP contribution in [0.15, 0.2) is 71.5 Å². The number of ether oxygens (including phenoxy) is 2. The number of fused-ring (bicyclic) bond motifs is 1.